The molecule has 1 aromatic heterocycles. The van der Waals surface area contributed by atoms with E-state index < -0.39 is 5.91 Å². The van der Waals surface area contributed by atoms with Crippen molar-refractivity contribution in [2.45, 2.75) is 32.7 Å². The predicted molar refractivity (Wildman–Crippen MR) is 127 cm³/mol. The highest BCUT2D eigenvalue weighted by molar-refractivity contribution is 7.71. The first-order valence-electron chi connectivity index (χ1n) is 10.6. The molecule has 0 bridgehead atoms. The molecule has 1 saturated heterocycles. The second-order valence-corrected chi connectivity index (χ2v) is 8.38. The summed E-state index contributed by atoms with van der Waals surface area (Å²) >= 11 is 5.36. The summed E-state index contributed by atoms with van der Waals surface area (Å²) in [5.41, 5.74) is 9.27. The molecule has 0 radical (unpaired) electrons. The average molecular weight is 451 g/mol. The Balaban J connectivity index is 1.60. The first-order chi connectivity index (χ1) is 15.4. The monoisotopic (exact) mass is 450 g/mol. The molecule has 2 heterocycles. The molecule has 1 fully saturated rings. The third kappa shape index (κ3) is 4.72. The van der Waals surface area contributed by atoms with E-state index in [1.807, 2.05) is 37.3 Å². The number of hydrogen-bond donors (Lipinski definition) is 3. The van der Waals surface area contributed by atoms with Crippen LogP contribution >= 0.6 is 12.2 Å². The van der Waals surface area contributed by atoms with Crippen LogP contribution in [0.2, 0.25) is 0 Å². The SMILES string of the molecule is Cc1ccc(-c2n[nH]c(=S)n2CC(=O)Nc2cc(C(N)=O)ccc2N2CCCCC2)cc1. The fourth-order valence-corrected chi connectivity index (χ4v) is 4.12. The molecular weight excluding hydrogens is 424 g/mol. The van der Waals surface area contributed by atoms with E-state index in [4.69, 9.17) is 18.0 Å². The lowest BCUT2D eigenvalue weighted by Gasteiger charge is -2.30. The number of anilines is 2. The third-order valence-electron chi connectivity index (χ3n) is 5.62. The van der Waals surface area contributed by atoms with Crippen LogP contribution in [0.1, 0.15) is 35.2 Å². The van der Waals surface area contributed by atoms with Gasteiger partial charge in [-0.15, -0.1) is 0 Å². The summed E-state index contributed by atoms with van der Waals surface area (Å²) in [5.74, 6) is -0.215. The molecule has 0 spiro atoms. The van der Waals surface area contributed by atoms with E-state index >= 15 is 0 Å². The second-order valence-electron chi connectivity index (χ2n) is 8.00. The Morgan fingerprint density at radius 2 is 1.84 bits per heavy atom. The number of rotatable bonds is 6. The molecule has 3 aromatic rings. The van der Waals surface area contributed by atoms with Crippen molar-refractivity contribution in [2.75, 3.05) is 23.3 Å². The van der Waals surface area contributed by atoms with Crippen LogP contribution in [-0.2, 0) is 11.3 Å². The Bertz CT molecular complexity index is 1190. The van der Waals surface area contributed by atoms with Crippen molar-refractivity contribution in [3.05, 3.63) is 58.4 Å². The smallest absolute Gasteiger partial charge is 0.248 e. The van der Waals surface area contributed by atoms with Crippen molar-refractivity contribution in [1.29, 1.82) is 0 Å². The van der Waals surface area contributed by atoms with Gasteiger partial charge in [-0.05, 0) is 56.6 Å². The Morgan fingerprint density at radius 1 is 1.12 bits per heavy atom. The molecule has 2 amide bonds. The van der Waals surface area contributed by atoms with Gasteiger partial charge in [0.15, 0.2) is 10.6 Å². The van der Waals surface area contributed by atoms with Gasteiger partial charge in [0.25, 0.3) is 0 Å². The maximum absolute atomic E-state index is 13.0. The molecule has 1 aliphatic heterocycles. The molecule has 1 aliphatic rings. The number of nitrogens with zero attached hydrogens (tertiary/aromatic N) is 3. The van der Waals surface area contributed by atoms with Crippen molar-refractivity contribution in [1.82, 2.24) is 14.8 Å². The van der Waals surface area contributed by atoms with E-state index in [0.29, 0.717) is 21.8 Å². The number of benzene rings is 2. The fraction of sp³-hybridized carbons (Fsp3) is 0.304. The molecule has 32 heavy (non-hydrogen) atoms. The number of aromatic amines is 1. The Morgan fingerprint density at radius 3 is 2.53 bits per heavy atom. The number of nitrogens with one attached hydrogen (secondary N) is 2. The van der Waals surface area contributed by atoms with Gasteiger partial charge in [0.2, 0.25) is 11.8 Å². The third-order valence-corrected chi connectivity index (χ3v) is 5.93. The summed E-state index contributed by atoms with van der Waals surface area (Å²) in [4.78, 5) is 27.0. The van der Waals surface area contributed by atoms with E-state index in [2.05, 4.69) is 20.4 Å². The maximum Gasteiger partial charge on any atom is 0.248 e. The molecule has 0 aliphatic carbocycles. The number of primary amides is 1. The first-order valence-corrected chi connectivity index (χ1v) is 11.0. The highest BCUT2D eigenvalue weighted by atomic mass is 32.1. The number of nitrogens with two attached hydrogens (primary N) is 1. The van der Waals surface area contributed by atoms with E-state index in [1.165, 1.54) is 6.42 Å². The van der Waals surface area contributed by atoms with E-state index in [9.17, 15) is 9.59 Å². The molecule has 166 valence electrons. The lowest BCUT2D eigenvalue weighted by atomic mass is 10.1. The van der Waals surface area contributed by atoms with Crippen LogP contribution in [0.15, 0.2) is 42.5 Å². The zero-order valence-corrected chi connectivity index (χ0v) is 18.7. The van der Waals surface area contributed by atoms with E-state index in [-0.39, 0.29) is 12.5 Å². The summed E-state index contributed by atoms with van der Waals surface area (Å²) in [6.07, 6.45) is 3.38. The average Bonchev–Trinajstić information content (AvgIpc) is 3.14. The van der Waals surface area contributed by atoms with E-state index in [1.54, 1.807) is 16.7 Å². The number of carbonyl (C=O) groups is 2. The minimum atomic E-state index is -0.538. The minimum absolute atomic E-state index is 0.0151. The molecule has 2 aromatic carbocycles. The van der Waals surface area contributed by atoms with Crippen LogP contribution in [-0.4, -0.2) is 39.7 Å². The first kappa shape index (κ1) is 21.8. The lowest BCUT2D eigenvalue weighted by Crippen LogP contribution is -2.31. The summed E-state index contributed by atoms with van der Waals surface area (Å²) in [6.45, 7) is 3.81. The Labute approximate surface area is 191 Å². The number of H-pyrrole nitrogens is 1. The number of carbonyl (C=O) groups excluding carboxylic acids is 2. The fourth-order valence-electron chi connectivity index (χ4n) is 3.92. The van der Waals surface area contributed by atoms with Gasteiger partial charge in [-0.1, -0.05) is 29.8 Å². The largest absolute Gasteiger partial charge is 0.370 e. The molecule has 4 rings (SSSR count). The number of aryl methyl sites for hydroxylation is 1. The molecule has 0 unspecified atom stereocenters. The zero-order valence-electron chi connectivity index (χ0n) is 17.9. The zero-order chi connectivity index (χ0) is 22.7. The van der Waals surface area contributed by atoms with Gasteiger partial charge in [-0.25, -0.2) is 0 Å². The van der Waals surface area contributed by atoms with Crippen LogP contribution in [0.3, 0.4) is 0 Å². The van der Waals surface area contributed by atoms with Gasteiger partial charge >= 0.3 is 0 Å². The van der Waals surface area contributed by atoms with Crippen molar-refractivity contribution in [2.24, 2.45) is 5.73 Å². The van der Waals surface area contributed by atoms with Crippen molar-refractivity contribution in [3.63, 3.8) is 0 Å². The van der Waals surface area contributed by atoms with Crippen LogP contribution in [0.5, 0.6) is 0 Å². The van der Waals surface area contributed by atoms with Crippen LogP contribution < -0.4 is 16.0 Å². The second kappa shape index (κ2) is 9.35. The highest BCUT2D eigenvalue weighted by Gasteiger charge is 2.19. The Kier molecular flexibility index (Phi) is 6.36. The van der Waals surface area contributed by atoms with Gasteiger partial charge in [0.1, 0.15) is 6.54 Å². The van der Waals surface area contributed by atoms with Gasteiger partial charge < -0.3 is 16.0 Å². The lowest BCUT2D eigenvalue weighted by molar-refractivity contribution is -0.116. The van der Waals surface area contributed by atoms with Gasteiger partial charge in [-0.2, -0.15) is 5.10 Å². The Hall–Kier alpha value is -3.46. The maximum atomic E-state index is 13.0. The standard InChI is InChI=1S/C23H26N6O2S/c1-15-5-7-16(8-6-15)22-26-27-23(32)29(22)14-20(30)25-18-13-17(21(24)31)9-10-19(18)28-11-3-2-4-12-28/h5-10,13H,2-4,11-12,14H2,1H3,(H2,24,31)(H,25,30)(H,27,32). The van der Waals surface area contributed by atoms with Crippen LogP contribution in [0, 0.1) is 11.7 Å². The van der Waals surface area contributed by atoms with Crippen LogP contribution in [0.4, 0.5) is 11.4 Å². The summed E-state index contributed by atoms with van der Waals surface area (Å²) in [6, 6.07) is 13.0. The normalized spacial score (nSPS) is 13.7. The van der Waals surface area contributed by atoms with Gasteiger partial charge in [0.05, 0.1) is 11.4 Å². The number of piperidine rings is 1. The highest BCUT2D eigenvalue weighted by Crippen LogP contribution is 2.30. The minimum Gasteiger partial charge on any atom is -0.370 e. The van der Waals surface area contributed by atoms with Gasteiger partial charge in [0, 0.05) is 24.2 Å². The quantitative estimate of drug-likeness (QED) is 0.497. The summed E-state index contributed by atoms with van der Waals surface area (Å²) < 4.78 is 2.02. The number of aromatic nitrogens is 3. The van der Waals surface area contributed by atoms with Crippen LogP contribution in [0.25, 0.3) is 11.4 Å². The molecule has 8 nitrogen and oxygen atoms in total. The topological polar surface area (TPSA) is 109 Å². The predicted octanol–water partition coefficient (Wildman–Crippen LogP) is 3.64. The van der Waals surface area contributed by atoms with Crippen molar-refractivity contribution in [3.8, 4) is 11.4 Å². The van der Waals surface area contributed by atoms with Crippen molar-refractivity contribution < 1.29 is 9.59 Å². The molecule has 0 atom stereocenters. The van der Waals surface area contributed by atoms with Gasteiger partial charge in [-0.3, -0.25) is 19.3 Å². The summed E-state index contributed by atoms with van der Waals surface area (Å²) in [7, 11) is 0. The molecule has 9 heteroatoms. The van der Waals surface area contributed by atoms with Crippen molar-refractivity contribution >= 4 is 35.4 Å². The molecule has 4 N–H and O–H groups in total. The molecular formula is C23H26N6O2S. The number of hydrogen-bond acceptors (Lipinski definition) is 5. The van der Waals surface area contributed by atoms with E-state index in [0.717, 1.165) is 42.7 Å². The molecule has 0 saturated carbocycles. The summed E-state index contributed by atoms with van der Waals surface area (Å²) in [5, 5.41) is 10.0. The number of amides is 2.